The van der Waals surface area contributed by atoms with Crippen molar-refractivity contribution in [1.29, 1.82) is 0 Å². The van der Waals surface area contributed by atoms with Gasteiger partial charge in [0.1, 0.15) is 17.2 Å². The summed E-state index contributed by atoms with van der Waals surface area (Å²) in [5, 5.41) is 10.2. The van der Waals surface area contributed by atoms with E-state index in [9.17, 15) is 27.9 Å². The maximum atomic E-state index is 13.9. The molecule has 0 atom stereocenters. The molecule has 5 rings (SSSR count). The van der Waals surface area contributed by atoms with Gasteiger partial charge in [0.05, 0.1) is 0 Å². The monoisotopic (exact) mass is 597 g/mol. The quantitative estimate of drug-likeness (QED) is 0.410. The third-order valence-corrected chi connectivity index (χ3v) is 9.35. The van der Waals surface area contributed by atoms with Crippen LogP contribution >= 0.6 is 11.6 Å². The average Bonchev–Trinajstić information content (AvgIpc) is 2.84. The Hall–Kier alpha value is -3.43. The topological polar surface area (TPSA) is 118 Å². The van der Waals surface area contributed by atoms with E-state index in [4.69, 9.17) is 15.8 Å². The molecule has 216 valence electrons. The highest BCUT2D eigenvalue weighted by molar-refractivity contribution is 7.87. The first-order valence-electron chi connectivity index (χ1n) is 13.4. The van der Waals surface area contributed by atoms with Crippen molar-refractivity contribution in [1.82, 2.24) is 4.90 Å². The van der Waals surface area contributed by atoms with Crippen LogP contribution in [0.15, 0.2) is 76.0 Å². The molecule has 3 aliphatic rings. The maximum Gasteiger partial charge on any atom is 0.339 e. The van der Waals surface area contributed by atoms with Crippen LogP contribution in [-0.4, -0.2) is 42.5 Å². The number of nitrogens with zero attached hydrogens (tertiary/aromatic N) is 1. The lowest BCUT2D eigenvalue weighted by Crippen LogP contribution is -2.45. The molecular formula is C31H32ClNO7S. The van der Waals surface area contributed by atoms with E-state index in [-0.39, 0.29) is 41.6 Å². The van der Waals surface area contributed by atoms with Gasteiger partial charge in [-0.05, 0) is 54.0 Å². The van der Waals surface area contributed by atoms with Crippen LogP contribution in [0, 0.1) is 10.8 Å². The van der Waals surface area contributed by atoms with Crippen LogP contribution in [0.1, 0.15) is 64.9 Å². The number of allylic oxidation sites excluding steroid dienone is 4. The van der Waals surface area contributed by atoms with Crippen LogP contribution in [0.2, 0.25) is 5.02 Å². The first-order chi connectivity index (χ1) is 19.1. The summed E-state index contributed by atoms with van der Waals surface area (Å²) in [5.41, 5.74) is 1.29. The zero-order valence-corrected chi connectivity index (χ0v) is 24.9. The highest BCUT2D eigenvalue weighted by atomic mass is 35.5. The Morgan fingerprint density at radius 1 is 0.902 bits per heavy atom. The summed E-state index contributed by atoms with van der Waals surface area (Å²) in [6, 6.07) is 12.1. The normalized spacial score (nSPS) is 20.6. The summed E-state index contributed by atoms with van der Waals surface area (Å²) in [6.45, 7) is 7.44. The van der Waals surface area contributed by atoms with Gasteiger partial charge in [0.2, 0.25) is 0 Å². The Bertz CT molecular complexity index is 1580. The fraction of sp³-hybridized carbons (Fsp3) is 0.387. The van der Waals surface area contributed by atoms with Gasteiger partial charge in [-0.1, -0.05) is 57.5 Å². The number of carboxylic acids is 1. The number of aliphatic carboxylic acids is 1. The molecule has 1 heterocycles. The molecule has 1 aliphatic heterocycles. The van der Waals surface area contributed by atoms with Crippen molar-refractivity contribution in [3.8, 4) is 5.75 Å². The summed E-state index contributed by atoms with van der Waals surface area (Å²) < 4.78 is 32.2. The number of para-hydroxylation sites is 1. The van der Waals surface area contributed by atoms with Crippen LogP contribution in [0.3, 0.4) is 0 Å². The summed E-state index contributed by atoms with van der Waals surface area (Å²) >= 11 is 5.94. The van der Waals surface area contributed by atoms with Gasteiger partial charge in [0.25, 0.3) is 0 Å². The van der Waals surface area contributed by atoms with Crippen molar-refractivity contribution in [2.24, 2.45) is 10.8 Å². The highest BCUT2D eigenvalue weighted by Crippen LogP contribution is 2.55. The third kappa shape index (κ3) is 5.57. The highest BCUT2D eigenvalue weighted by Gasteiger charge is 2.50. The summed E-state index contributed by atoms with van der Waals surface area (Å²) in [7, 11) is -4.29. The van der Waals surface area contributed by atoms with Gasteiger partial charge in [-0.3, -0.25) is 14.4 Å². The second-order valence-corrected chi connectivity index (χ2v) is 14.5. The van der Waals surface area contributed by atoms with Crippen LogP contribution < -0.4 is 4.18 Å². The average molecular weight is 598 g/mol. The van der Waals surface area contributed by atoms with E-state index in [1.165, 1.54) is 30.3 Å². The molecule has 0 saturated heterocycles. The molecule has 10 heteroatoms. The minimum absolute atomic E-state index is 0.00639. The Morgan fingerprint density at radius 3 is 1.93 bits per heavy atom. The minimum atomic E-state index is -4.29. The van der Waals surface area contributed by atoms with Gasteiger partial charge in [0.15, 0.2) is 11.6 Å². The fourth-order valence-electron chi connectivity index (χ4n) is 6.25. The van der Waals surface area contributed by atoms with Crippen molar-refractivity contribution < 1.29 is 32.1 Å². The predicted molar refractivity (Wildman–Crippen MR) is 153 cm³/mol. The molecule has 41 heavy (non-hydrogen) atoms. The van der Waals surface area contributed by atoms with Crippen molar-refractivity contribution in [3.05, 3.63) is 81.7 Å². The fourth-order valence-corrected chi connectivity index (χ4v) is 7.33. The molecule has 8 nitrogen and oxygen atoms in total. The zero-order chi connectivity index (χ0) is 29.9. The molecule has 0 aromatic heterocycles. The lowest BCUT2D eigenvalue weighted by molar-refractivity contribution is -0.138. The molecule has 2 aliphatic carbocycles. The molecule has 0 fully saturated rings. The minimum Gasteiger partial charge on any atom is -0.480 e. The lowest BCUT2D eigenvalue weighted by atomic mass is 9.63. The standard InChI is InChI=1S/C31H32ClNO7S/c1-30(2)13-21-28(23(34)15-30)27(29-22(33(21)17-26(36)37)14-31(3,4)16-24(29)35)20-7-5-6-8-25(20)40-41(38,39)19-11-9-18(32)10-12-19/h5-12,27H,13-17H2,1-4H3,(H,36,37). The molecule has 2 aromatic carbocycles. The molecule has 0 amide bonds. The van der Waals surface area contributed by atoms with E-state index in [0.717, 1.165) is 0 Å². The van der Waals surface area contributed by atoms with E-state index in [0.29, 0.717) is 46.0 Å². The number of hydrogen-bond acceptors (Lipinski definition) is 7. The molecule has 2 aromatic rings. The number of rotatable bonds is 6. The van der Waals surface area contributed by atoms with E-state index in [1.807, 2.05) is 27.7 Å². The van der Waals surface area contributed by atoms with Crippen molar-refractivity contribution in [2.45, 2.75) is 64.2 Å². The zero-order valence-electron chi connectivity index (χ0n) is 23.4. The number of carbonyl (C=O) groups excluding carboxylic acids is 2. The van der Waals surface area contributed by atoms with Gasteiger partial charge in [-0.15, -0.1) is 0 Å². The maximum absolute atomic E-state index is 13.9. The molecular weight excluding hydrogens is 566 g/mol. The first-order valence-corrected chi connectivity index (χ1v) is 15.2. The number of halogens is 1. The SMILES string of the molecule is CC1(C)CC(=O)C2=C(C1)N(CC(=O)O)C1=C(C(=O)CC(C)(C)C1)C2c1ccccc1OS(=O)(=O)c1ccc(Cl)cc1. The van der Waals surface area contributed by atoms with E-state index in [1.54, 1.807) is 23.1 Å². The smallest absolute Gasteiger partial charge is 0.339 e. The number of hydrogen-bond donors (Lipinski definition) is 1. The Morgan fingerprint density at radius 2 is 1.41 bits per heavy atom. The van der Waals surface area contributed by atoms with E-state index in [2.05, 4.69) is 0 Å². The van der Waals surface area contributed by atoms with Crippen LogP contribution in [0.5, 0.6) is 5.75 Å². The first kappa shape index (κ1) is 29.1. The van der Waals surface area contributed by atoms with Gasteiger partial charge >= 0.3 is 16.1 Å². The largest absolute Gasteiger partial charge is 0.480 e. The molecule has 0 saturated carbocycles. The number of carbonyl (C=O) groups is 3. The Balaban J connectivity index is 1.74. The summed E-state index contributed by atoms with van der Waals surface area (Å²) in [6.07, 6.45) is 1.26. The summed E-state index contributed by atoms with van der Waals surface area (Å²) in [4.78, 5) is 41.4. The van der Waals surface area contributed by atoms with E-state index < -0.39 is 32.8 Å². The predicted octanol–water partition coefficient (Wildman–Crippen LogP) is 5.88. The van der Waals surface area contributed by atoms with Gasteiger partial charge in [0, 0.05) is 51.9 Å². The number of Topliss-reactive ketones (excluding diaryl/α,β-unsaturated/α-hetero) is 2. The second-order valence-electron chi connectivity index (χ2n) is 12.5. The van der Waals surface area contributed by atoms with Gasteiger partial charge in [-0.25, -0.2) is 0 Å². The van der Waals surface area contributed by atoms with Crippen LogP contribution in [0.4, 0.5) is 0 Å². The second kappa shape index (κ2) is 10.1. The summed E-state index contributed by atoms with van der Waals surface area (Å²) in [5.74, 6) is -2.37. The lowest BCUT2D eigenvalue weighted by Gasteiger charge is -2.48. The molecule has 1 N–H and O–H groups in total. The molecule has 0 bridgehead atoms. The number of benzene rings is 2. The van der Waals surface area contributed by atoms with Crippen molar-refractivity contribution in [2.75, 3.05) is 6.54 Å². The number of carboxylic acid groups (broad SMARTS) is 1. The van der Waals surface area contributed by atoms with Gasteiger partial charge in [-0.2, -0.15) is 8.42 Å². The molecule has 0 unspecified atom stereocenters. The Kier molecular flexibility index (Phi) is 7.19. The van der Waals surface area contributed by atoms with E-state index >= 15 is 0 Å². The number of ketones is 2. The molecule has 0 spiro atoms. The van der Waals surface area contributed by atoms with Crippen molar-refractivity contribution in [3.63, 3.8) is 0 Å². The Labute approximate surface area is 244 Å². The third-order valence-electron chi connectivity index (χ3n) is 7.85. The van der Waals surface area contributed by atoms with Gasteiger partial charge < -0.3 is 14.2 Å². The van der Waals surface area contributed by atoms with Crippen LogP contribution in [-0.2, 0) is 24.5 Å². The molecule has 0 radical (unpaired) electrons. The van der Waals surface area contributed by atoms with Crippen LogP contribution in [0.25, 0.3) is 0 Å². The van der Waals surface area contributed by atoms with Crippen molar-refractivity contribution >= 4 is 39.3 Å².